The first-order chi connectivity index (χ1) is 12.3. The summed E-state index contributed by atoms with van der Waals surface area (Å²) in [5.74, 6) is -3.02. The van der Waals surface area contributed by atoms with Crippen molar-refractivity contribution in [3.8, 4) is 0 Å². The molecule has 9 heteroatoms. The molecule has 2 N–H and O–H groups in total. The number of benzene rings is 1. The number of rotatable bonds is 6. The fraction of sp³-hybridized carbons (Fsp3) is 0.294. The van der Waals surface area contributed by atoms with Crippen LogP contribution in [0.15, 0.2) is 29.6 Å². The van der Waals surface area contributed by atoms with Crippen LogP contribution in [0.25, 0.3) is 0 Å². The zero-order valence-electron chi connectivity index (χ0n) is 14.5. The van der Waals surface area contributed by atoms with Crippen molar-refractivity contribution < 1.29 is 23.1 Å². The summed E-state index contributed by atoms with van der Waals surface area (Å²) in [6.45, 7) is 0.284. The van der Waals surface area contributed by atoms with Crippen molar-refractivity contribution in [3.63, 3.8) is 0 Å². The maximum Gasteiger partial charge on any atom is 0.340 e. The molecule has 1 atom stereocenters. The number of likely N-dealkylation sites (N-methyl/N-ethyl adjacent to an activating group) is 1. The number of nitrogens with one attached hydrogen (secondary N) is 2. The van der Waals surface area contributed by atoms with Gasteiger partial charge in [-0.05, 0) is 31.6 Å². The predicted molar refractivity (Wildman–Crippen MR) is 95.5 cm³/mol. The van der Waals surface area contributed by atoms with Crippen molar-refractivity contribution in [1.82, 2.24) is 10.2 Å². The molecule has 0 aliphatic carbocycles. The lowest BCUT2D eigenvalue weighted by Gasteiger charge is -2.23. The van der Waals surface area contributed by atoms with Gasteiger partial charge in [-0.3, -0.25) is 0 Å². The van der Waals surface area contributed by atoms with Crippen LogP contribution in [0.1, 0.15) is 21.3 Å². The van der Waals surface area contributed by atoms with Crippen molar-refractivity contribution in [2.45, 2.75) is 6.04 Å². The molecule has 1 unspecified atom stereocenters. The second-order valence-corrected chi connectivity index (χ2v) is 6.61. The van der Waals surface area contributed by atoms with Gasteiger partial charge in [0.2, 0.25) is 0 Å². The van der Waals surface area contributed by atoms with Gasteiger partial charge in [-0.1, -0.05) is 6.07 Å². The average molecular weight is 383 g/mol. The van der Waals surface area contributed by atoms with Crippen molar-refractivity contribution in [3.05, 3.63) is 51.7 Å². The van der Waals surface area contributed by atoms with Crippen LogP contribution < -0.4 is 10.6 Å². The number of urea groups is 1. The minimum absolute atomic E-state index is 0.0514. The molecule has 0 saturated carbocycles. The molecule has 1 aromatic carbocycles. The maximum atomic E-state index is 13.9. The number of halogens is 2. The Bertz CT molecular complexity index is 782. The summed E-state index contributed by atoms with van der Waals surface area (Å²) in [6, 6.07) is 4.57. The number of nitrogens with zero attached hydrogens (tertiary/aromatic N) is 1. The Labute approximate surface area is 153 Å². The van der Waals surface area contributed by atoms with Gasteiger partial charge in [0.1, 0.15) is 11.6 Å². The number of esters is 1. The lowest BCUT2D eigenvalue weighted by atomic mass is 10.2. The van der Waals surface area contributed by atoms with Gasteiger partial charge in [0.05, 0.1) is 24.4 Å². The third kappa shape index (κ3) is 4.77. The summed E-state index contributed by atoms with van der Waals surface area (Å²) >= 11 is 1.56. The number of anilines is 1. The minimum atomic E-state index is -1.06. The fourth-order valence-corrected chi connectivity index (χ4v) is 3.21. The van der Waals surface area contributed by atoms with Gasteiger partial charge in [0.15, 0.2) is 0 Å². The highest BCUT2D eigenvalue weighted by atomic mass is 32.1. The molecular weight excluding hydrogens is 364 g/mol. The lowest BCUT2D eigenvalue weighted by molar-refractivity contribution is 0.0595. The Balaban J connectivity index is 2.06. The van der Waals surface area contributed by atoms with Crippen LogP contribution in [0.2, 0.25) is 0 Å². The first-order valence-electron chi connectivity index (χ1n) is 7.65. The van der Waals surface area contributed by atoms with Crippen LogP contribution in [-0.4, -0.2) is 44.7 Å². The fourth-order valence-electron chi connectivity index (χ4n) is 2.29. The Morgan fingerprint density at radius 2 is 2.00 bits per heavy atom. The molecule has 0 bridgehead atoms. The highest BCUT2D eigenvalue weighted by molar-refractivity contribution is 7.10. The molecule has 0 spiro atoms. The van der Waals surface area contributed by atoms with Crippen LogP contribution in [0, 0.1) is 11.6 Å². The molecule has 0 aliphatic heterocycles. The summed E-state index contributed by atoms with van der Waals surface area (Å²) in [7, 11) is 4.84. The summed E-state index contributed by atoms with van der Waals surface area (Å²) in [5, 5.41) is 6.86. The largest absolute Gasteiger partial charge is 0.465 e. The molecule has 2 rings (SSSR count). The van der Waals surface area contributed by atoms with E-state index in [2.05, 4.69) is 15.4 Å². The molecule has 6 nitrogen and oxygen atoms in total. The molecular formula is C17H19F2N3O3S. The second kappa shape index (κ2) is 8.72. The number of thiophene rings is 1. The van der Waals surface area contributed by atoms with Crippen molar-refractivity contribution in [1.29, 1.82) is 0 Å². The number of hydrogen-bond donors (Lipinski definition) is 2. The Kier molecular flexibility index (Phi) is 6.64. The number of amides is 2. The lowest BCUT2D eigenvalue weighted by Crippen LogP contribution is -2.36. The van der Waals surface area contributed by atoms with E-state index in [4.69, 9.17) is 0 Å². The molecule has 0 fully saturated rings. The molecule has 1 heterocycles. The Morgan fingerprint density at radius 3 is 2.58 bits per heavy atom. The van der Waals surface area contributed by atoms with Gasteiger partial charge in [-0.25, -0.2) is 18.4 Å². The Hall–Kier alpha value is -2.52. The minimum Gasteiger partial charge on any atom is -0.465 e. The summed E-state index contributed by atoms with van der Waals surface area (Å²) in [6.07, 6.45) is 0. The summed E-state index contributed by atoms with van der Waals surface area (Å²) in [5.41, 5.74) is -0.782. The smallest absolute Gasteiger partial charge is 0.340 e. The van der Waals surface area contributed by atoms with E-state index >= 15 is 0 Å². The number of ether oxygens (including phenoxy) is 1. The van der Waals surface area contributed by atoms with E-state index in [-0.39, 0.29) is 18.3 Å². The molecule has 2 amide bonds. The van der Waals surface area contributed by atoms with E-state index in [0.717, 1.165) is 18.1 Å². The zero-order valence-corrected chi connectivity index (χ0v) is 15.3. The SMILES string of the molecule is COC(=O)c1cc(NC(=O)NCC(c2cccs2)N(C)C)c(F)cc1F. The molecule has 1 aromatic heterocycles. The number of carbonyl (C=O) groups excluding carboxylic acids is 2. The van der Waals surface area contributed by atoms with Gasteiger partial charge in [-0.2, -0.15) is 0 Å². The quantitative estimate of drug-likeness (QED) is 0.752. The highest BCUT2D eigenvalue weighted by Gasteiger charge is 2.19. The van der Waals surface area contributed by atoms with E-state index in [1.54, 1.807) is 11.3 Å². The predicted octanol–water partition coefficient (Wildman–Crippen LogP) is 3.24. The van der Waals surface area contributed by atoms with E-state index in [9.17, 15) is 18.4 Å². The van der Waals surface area contributed by atoms with Gasteiger partial charge in [0.25, 0.3) is 0 Å². The first kappa shape index (κ1) is 19.8. The van der Waals surface area contributed by atoms with Crippen molar-refractivity contribution >= 4 is 29.0 Å². The summed E-state index contributed by atoms with van der Waals surface area (Å²) in [4.78, 5) is 26.6. The van der Waals surface area contributed by atoms with Crippen LogP contribution in [-0.2, 0) is 4.74 Å². The molecule has 0 aliphatic rings. The third-order valence-electron chi connectivity index (χ3n) is 3.66. The van der Waals surface area contributed by atoms with Crippen molar-refractivity contribution in [2.24, 2.45) is 0 Å². The molecule has 2 aromatic rings. The van der Waals surface area contributed by atoms with E-state index in [1.807, 2.05) is 36.5 Å². The second-order valence-electron chi connectivity index (χ2n) is 5.63. The topological polar surface area (TPSA) is 70.7 Å². The van der Waals surface area contributed by atoms with Gasteiger partial charge in [-0.15, -0.1) is 11.3 Å². The summed E-state index contributed by atoms with van der Waals surface area (Å²) < 4.78 is 31.9. The van der Waals surface area contributed by atoms with E-state index in [1.165, 1.54) is 0 Å². The monoisotopic (exact) mass is 383 g/mol. The first-order valence-corrected chi connectivity index (χ1v) is 8.53. The number of methoxy groups -OCH3 is 1. The highest BCUT2D eigenvalue weighted by Crippen LogP contribution is 2.23. The number of carbonyl (C=O) groups is 2. The van der Waals surface area contributed by atoms with Gasteiger partial charge < -0.3 is 20.3 Å². The van der Waals surface area contributed by atoms with Crippen LogP contribution in [0.3, 0.4) is 0 Å². The van der Waals surface area contributed by atoms with E-state index in [0.29, 0.717) is 6.07 Å². The van der Waals surface area contributed by atoms with Crippen LogP contribution in [0.4, 0.5) is 19.3 Å². The average Bonchev–Trinajstić information content (AvgIpc) is 3.10. The standard InChI is InChI=1S/C17H19F2N3O3S/c1-22(2)14(15-5-4-6-26-15)9-20-17(24)21-13-7-10(16(23)25-3)11(18)8-12(13)19/h4-8,14H,9H2,1-3H3,(H2,20,21,24). The Morgan fingerprint density at radius 1 is 1.27 bits per heavy atom. The molecule has 140 valence electrons. The zero-order chi connectivity index (χ0) is 19.3. The molecule has 0 saturated heterocycles. The van der Waals surface area contributed by atoms with E-state index < -0.39 is 29.2 Å². The van der Waals surface area contributed by atoms with Gasteiger partial charge >= 0.3 is 12.0 Å². The molecule has 26 heavy (non-hydrogen) atoms. The van der Waals surface area contributed by atoms with Crippen LogP contribution >= 0.6 is 11.3 Å². The third-order valence-corrected chi connectivity index (χ3v) is 4.63. The van der Waals surface area contributed by atoms with Crippen LogP contribution in [0.5, 0.6) is 0 Å². The number of hydrogen-bond acceptors (Lipinski definition) is 5. The van der Waals surface area contributed by atoms with Gasteiger partial charge in [0, 0.05) is 17.5 Å². The van der Waals surface area contributed by atoms with Crippen molar-refractivity contribution in [2.75, 3.05) is 33.1 Å². The molecule has 0 radical (unpaired) electrons. The normalized spacial score (nSPS) is 11.9. The maximum absolute atomic E-state index is 13.9.